The lowest BCUT2D eigenvalue weighted by Gasteiger charge is -2.45. The van der Waals surface area contributed by atoms with Crippen molar-refractivity contribution in [1.29, 1.82) is 0 Å². The van der Waals surface area contributed by atoms with Gasteiger partial charge in [0.1, 0.15) is 42.2 Å². The fourth-order valence-electron chi connectivity index (χ4n) is 5.93. The van der Waals surface area contributed by atoms with Crippen LogP contribution in [0.2, 0.25) is 0 Å². The van der Waals surface area contributed by atoms with Crippen molar-refractivity contribution in [3.05, 3.63) is 55.1 Å². The zero-order valence-electron chi connectivity index (χ0n) is 23.3. The Morgan fingerprint density at radius 3 is 2.51 bits per heavy atom. The minimum absolute atomic E-state index is 0.211. The number of carbonyl (C=O) groups is 1. The number of benzene rings is 1. The van der Waals surface area contributed by atoms with Gasteiger partial charge in [-0.25, -0.2) is 9.97 Å². The third-order valence-electron chi connectivity index (χ3n) is 8.11. The number of nitrogens with one attached hydrogen (secondary N) is 1. The van der Waals surface area contributed by atoms with Crippen LogP contribution in [0.3, 0.4) is 0 Å². The second kappa shape index (κ2) is 13.5. The number of likely N-dealkylation sites (N-methyl/N-ethyl adjacent to an activating group) is 1. The monoisotopic (exact) mass is 602 g/mol. The van der Waals surface area contributed by atoms with Crippen LogP contribution in [0, 0.1) is 5.92 Å². The van der Waals surface area contributed by atoms with Crippen LogP contribution in [0.15, 0.2) is 60.0 Å². The van der Waals surface area contributed by atoms with Crippen molar-refractivity contribution in [3.63, 3.8) is 0 Å². The molecule has 3 aliphatic rings. The molecule has 10 nitrogen and oxygen atoms in total. The number of aromatic nitrogens is 2. The summed E-state index contributed by atoms with van der Waals surface area (Å²) in [5, 5.41) is 35.1. The molecule has 2 aromatic rings. The van der Waals surface area contributed by atoms with Crippen molar-refractivity contribution in [3.8, 4) is 11.1 Å². The smallest absolute Gasteiger partial charge is 0.240 e. The van der Waals surface area contributed by atoms with Gasteiger partial charge >= 0.3 is 0 Å². The fourth-order valence-corrected chi connectivity index (χ4v) is 7.70. The van der Waals surface area contributed by atoms with E-state index in [1.807, 2.05) is 49.2 Å². The maximum Gasteiger partial charge on any atom is 0.240 e. The summed E-state index contributed by atoms with van der Waals surface area (Å²) < 4.78 is 12.2. The van der Waals surface area contributed by atoms with E-state index < -0.39 is 41.9 Å². The number of aliphatic hydroxyl groups excluding tert-OH is 3. The largest absolute Gasteiger partial charge is 0.388 e. The molecule has 12 heteroatoms. The number of nitrogens with zero attached hydrogens (tertiary/aromatic N) is 3. The van der Waals surface area contributed by atoms with Gasteiger partial charge in [0.25, 0.3) is 0 Å². The minimum atomic E-state index is -1.41. The molecule has 4 heterocycles. The van der Waals surface area contributed by atoms with Gasteiger partial charge in [-0.1, -0.05) is 31.2 Å². The van der Waals surface area contributed by atoms with Gasteiger partial charge < -0.3 is 30.1 Å². The Morgan fingerprint density at radius 1 is 1.07 bits per heavy atom. The first kappa shape index (κ1) is 30.4. The number of thioether (sulfide) groups is 2. The lowest BCUT2D eigenvalue weighted by Crippen LogP contribution is -2.65. The minimum Gasteiger partial charge on any atom is -0.388 e. The molecule has 0 spiro atoms. The van der Waals surface area contributed by atoms with Gasteiger partial charge in [-0.05, 0) is 37.4 Å². The van der Waals surface area contributed by atoms with Crippen molar-refractivity contribution < 1.29 is 29.6 Å². The van der Waals surface area contributed by atoms with Crippen LogP contribution in [0.25, 0.3) is 11.1 Å². The van der Waals surface area contributed by atoms with Gasteiger partial charge in [-0.15, -0.1) is 23.5 Å². The number of amides is 1. The molecule has 41 heavy (non-hydrogen) atoms. The van der Waals surface area contributed by atoms with E-state index in [1.54, 1.807) is 18.6 Å². The molecule has 2 fully saturated rings. The van der Waals surface area contributed by atoms with E-state index >= 15 is 0 Å². The molecule has 2 saturated heterocycles. The molecule has 3 aliphatic heterocycles. The van der Waals surface area contributed by atoms with Gasteiger partial charge in [0.15, 0.2) is 0 Å². The van der Waals surface area contributed by atoms with Gasteiger partial charge in [0, 0.05) is 40.6 Å². The number of aliphatic hydroxyl groups is 3. The van der Waals surface area contributed by atoms with E-state index in [1.165, 1.54) is 29.9 Å². The zero-order chi connectivity index (χ0) is 29.1. The summed E-state index contributed by atoms with van der Waals surface area (Å²) in [6.07, 6.45) is 6.47. The van der Waals surface area contributed by atoms with E-state index in [9.17, 15) is 20.1 Å². The van der Waals surface area contributed by atoms with E-state index in [2.05, 4.69) is 21.4 Å². The van der Waals surface area contributed by atoms with Crippen LogP contribution in [0.1, 0.15) is 13.3 Å². The molecule has 222 valence electrons. The number of hydrogen-bond acceptors (Lipinski definition) is 11. The Balaban J connectivity index is 1.38. The number of fused-ring (bicyclic) bond motifs is 1. The van der Waals surface area contributed by atoms with Gasteiger partial charge in [0.05, 0.1) is 18.8 Å². The maximum atomic E-state index is 13.9. The Labute approximate surface area is 248 Å². The molecule has 0 radical (unpaired) electrons. The lowest BCUT2D eigenvalue weighted by atomic mass is 9.92. The normalized spacial score (nSPS) is 33.5. The predicted octanol–water partition coefficient (Wildman–Crippen LogP) is 1.55. The van der Waals surface area contributed by atoms with E-state index in [4.69, 9.17) is 9.47 Å². The number of carbonyl (C=O) groups excluding carboxylic acids is 1. The third kappa shape index (κ3) is 6.65. The molecule has 1 amide bonds. The molecule has 0 aliphatic carbocycles. The highest BCUT2D eigenvalue weighted by molar-refractivity contribution is 8.00. The highest BCUT2D eigenvalue weighted by Gasteiger charge is 2.50. The molecule has 1 aromatic carbocycles. The van der Waals surface area contributed by atoms with Crippen LogP contribution in [-0.2, 0) is 14.3 Å². The lowest BCUT2D eigenvalue weighted by molar-refractivity contribution is -0.205. The maximum absolute atomic E-state index is 13.9. The zero-order valence-corrected chi connectivity index (χ0v) is 24.9. The van der Waals surface area contributed by atoms with Crippen LogP contribution < -0.4 is 5.32 Å². The highest BCUT2D eigenvalue weighted by atomic mass is 32.2. The average Bonchev–Trinajstić information content (AvgIpc) is 3.13. The highest BCUT2D eigenvalue weighted by Crippen LogP contribution is 2.35. The molecule has 1 aromatic heterocycles. The Kier molecular flexibility index (Phi) is 10.0. The Hall–Kier alpha value is -2.03. The van der Waals surface area contributed by atoms with Crippen LogP contribution in [-0.4, -0.2) is 116 Å². The first-order valence-electron chi connectivity index (χ1n) is 13.8. The van der Waals surface area contributed by atoms with Crippen molar-refractivity contribution in [1.82, 2.24) is 20.2 Å². The van der Waals surface area contributed by atoms with E-state index in [0.29, 0.717) is 6.61 Å². The summed E-state index contributed by atoms with van der Waals surface area (Å²) in [7, 11) is 1.92. The standard InChI is InChI=1S/C29H38N4O6S2/c1-16(41-20-9-7-17(8-10-20)19-12-30-15-31-13-19)21(27-24(35)23(34)25(36)29(39-27)40-3)32-28(37)22-26-18(14-33(22)2)6-4-5-11-38-26/h4-5,7-10,12-13,15-16,18,21-27,29,34-36H,6,11,14H2,1-3H3,(H,32,37)/t16-,18-,21+,22-,23+,24?,25+,26+,27+,29?/m0/s1. The molecule has 5 rings (SSSR count). The number of ether oxygens (including phenoxy) is 2. The fraction of sp³-hybridized carbons (Fsp3) is 0.552. The molecule has 2 unspecified atom stereocenters. The molecular weight excluding hydrogens is 564 g/mol. The number of likely N-dealkylation sites (tertiary alicyclic amines) is 1. The van der Waals surface area contributed by atoms with E-state index in [-0.39, 0.29) is 23.2 Å². The first-order valence-corrected chi connectivity index (χ1v) is 16.0. The van der Waals surface area contributed by atoms with Gasteiger partial charge in [-0.3, -0.25) is 9.69 Å². The average molecular weight is 603 g/mol. The van der Waals surface area contributed by atoms with Crippen molar-refractivity contribution in [2.24, 2.45) is 5.92 Å². The summed E-state index contributed by atoms with van der Waals surface area (Å²) in [5.41, 5.74) is 1.14. The second-order valence-electron chi connectivity index (χ2n) is 10.8. The molecule has 0 saturated carbocycles. The summed E-state index contributed by atoms with van der Waals surface area (Å²) >= 11 is 2.78. The van der Waals surface area contributed by atoms with E-state index in [0.717, 1.165) is 29.0 Å². The van der Waals surface area contributed by atoms with Crippen LogP contribution in [0.5, 0.6) is 0 Å². The number of rotatable bonds is 8. The van der Waals surface area contributed by atoms with Crippen molar-refractivity contribution >= 4 is 29.4 Å². The summed E-state index contributed by atoms with van der Waals surface area (Å²) in [5.74, 6) is -0.00136. The number of allylic oxidation sites excluding steroid dienone is 1. The van der Waals surface area contributed by atoms with Crippen LogP contribution in [0.4, 0.5) is 0 Å². The van der Waals surface area contributed by atoms with Gasteiger partial charge in [-0.2, -0.15) is 0 Å². The van der Waals surface area contributed by atoms with Crippen molar-refractivity contribution in [2.45, 2.75) is 71.5 Å². The van der Waals surface area contributed by atoms with Crippen molar-refractivity contribution in [2.75, 3.05) is 26.5 Å². The summed E-state index contributed by atoms with van der Waals surface area (Å²) in [6, 6.07) is 6.78. The second-order valence-corrected chi connectivity index (χ2v) is 13.2. The Morgan fingerprint density at radius 2 is 1.80 bits per heavy atom. The summed E-state index contributed by atoms with van der Waals surface area (Å²) in [4.78, 5) is 25.1. The van der Waals surface area contributed by atoms with Gasteiger partial charge in [0.2, 0.25) is 5.91 Å². The Bertz CT molecular complexity index is 1190. The summed E-state index contributed by atoms with van der Waals surface area (Å²) in [6.45, 7) is 3.16. The quantitative estimate of drug-likeness (QED) is 0.259. The van der Waals surface area contributed by atoms with Crippen LogP contribution >= 0.6 is 23.5 Å². The topological polar surface area (TPSA) is 137 Å². The molecule has 10 atom stereocenters. The SMILES string of the molecule is CSC1O[C@H]([C@H](NC(=O)[C@@H]2[C@@H]3OCC=CC[C@H]3CN2C)[C@H](C)Sc2ccc(-c3cncnc3)cc2)C(O)[C@@H](O)[C@H]1O. The predicted molar refractivity (Wildman–Crippen MR) is 158 cm³/mol. The number of hydrogen-bond donors (Lipinski definition) is 4. The third-order valence-corrected chi connectivity index (χ3v) is 10.2. The molecule has 0 bridgehead atoms. The first-order chi connectivity index (χ1) is 19.8. The molecular formula is C29H38N4O6S2. The molecule has 4 N–H and O–H groups in total.